The average Bonchev–Trinajstić information content (AvgIpc) is 2.77. The molecule has 2 aromatic carbocycles. The van der Waals surface area contributed by atoms with Gasteiger partial charge in [0.2, 0.25) is 0 Å². The summed E-state index contributed by atoms with van der Waals surface area (Å²) < 4.78 is 11.8. The Morgan fingerprint density at radius 1 is 1.09 bits per heavy atom. The second-order valence-corrected chi connectivity index (χ2v) is 7.92. The molecule has 2 aliphatic heterocycles. The zero-order valence-corrected chi connectivity index (χ0v) is 17.6. The van der Waals surface area contributed by atoms with E-state index in [1.165, 1.54) is 0 Å². The van der Waals surface area contributed by atoms with Crippen LogP contribution in [0.25, 0.3) is 0 Å². The van der Waals surface area contributed by atoms with Gasteiger partial charge in [0.25, 0.3) is 5.91 Å². The molecule has 0 aromatic heterocycles. The van der Waals surface area contributed by atoms with Gasteiger partial charge in [-0.25, -0.2) is 4.79 Å². The maximum absolute atomic E-state index is 13.2. The standard InChI is InChI=1S/C23H25N3O6/c1-26-18-9-8-16(12-21(27)28)32-20(18)13-31-19-10-7-15(11-17(19)22(26)29)25-23(30)24-14-5-3-2-4-6-14/h2-7,10-11,16,18,20H,8-9,12-13H2,1H3,(H,27,28)(H2,24,25,30)/t16-,18-,20-/m0/s1. The van der Waals surface area contributed by atoms with Crippen LogP contribution in [-0.2, 0) is 9.53 Å². The van der Waals surface area contributed by atoms with E-state index in [-0.39, 0.29) is 25.0 Å². The van der Waals surface area contributed by atoms with Gasteiger partial charge < -0.3 is 30.1 Å². The maximum atomic E-state index is 13.2. The van der Waals surface area contributed by atoms with E-state index < -0.39 is 24.2 Å². The number of carbonyl (C=O) groups is 3. The number of amides is 3. The molecular formula is C23H25N3O6. The number of carboxylic acids is 1. The molecule has 3 atom stereocenters. The number of ether oxygens (including phenoxy) is 2. The second kappa shape index (κ2) is 9.27. The molecule has 1 fully saturated rings. The lowest BCUT2D eigenvalue weighted by Gasteiger charge is -2.42. The number of carboxylic acid groups (broad SMARTS) is 1. The zero-order chi connectivity index (χ0) is 22.7. The van der Waals surface area contributed by atoms with Crippen LogP contribution in [0.3, 0.4) is 0 Å². The van der Waals surface area contributed by atoms with Gasteiger partial charge >= 0.3 is 12.0 Å². The van der Waals surface area contributed by atoms with Gasteiger partial charge in [0.15, 0.2) is 0 Å². The van der Waals surface area contributed by atoms with Crippen LogP contribution in [0.5, 0.6) is 5.75 Å². The minimum absolute atomic E-state index is 0.0719. The monoisotopic (exact) mass is 439 g/mol. The molecule has 0 radical (unpaired) electrons. The molecular weight excluding hydrogens is 414 g/mol. The van der Waals surface area contributed by atoms with Crippen LogP contribution in [0.15, 0.2) is 48.5 Å². The van der Waals surface area contributed by atoms with Gasteiger partial charge in [0.05, 0.1) is 24.1 Å². The fraction of sp³-hybridized carbons (Fsp3) is 0.348. The van der Waals surface area contributed by atoms with Gasteiger partial charge in [0, 0.05) is 18.4 Å². The summed E-state index contributed by atoms with van der Waals surface area (Å²) >= 11 is 0. The van der Waals surface area contributed by atoms with Crippen molar-refractivity contribution in [3.05, 3.63) is 54.1 Å². The fourth-order valence-corrected chi connectivity index (χ4v) is 4.11. The number of benzene rings is 2. The van der Waals surface area contributed by atoms with Crippen LogP contribution >= 0.6 is 0 Å². The maximum Gasteiger partial charge on any atom is 0.323 e. The first kappa shape index (κ1) is 21.6. The highest BCUT2D eigenvalue weighted by Crippen LogP contribution is 2.32. The summed E-state index contributed by atoms with van der Waals surface area (Å²) in [6.07, 6.45) is 0.302. The Bertz CT molecular complexity index is 1010. The number of aliphatic carboxylic acids is 1. The molecule has 0 saturated carbocycles. The third kappa shape index (κ3) is 4.83. The summed E-state index contributed by atoms with van der Waals surface area (Å²) in [6.45, 7) is 0.201. The molecule has 32 heavy (non-hydrogen) atoms. The first-order valence-electron chi connectivity index (χ1n) is 10.4. The van der Waals surface area contributed by atoms with Crippen molar-refractivity contribution in [3.8, 4) is 5.75 Å². The van der Waals surface area contributed by atoms with E-state index in [1.807, 2.05) is 18.2 Å². The number of nitrogens with zero attached hydrogens (tertiary/aromatic N) is 1. The molecule has 168 valence electrons. The molecule has 9 nitrogen and oxygen atoms in total. The van der Waals surface area contributed by atoms with Crippen LogP contribution in [0.4, 0.5) is 16.2 Å². The van der Waals surface area contributed by atoms with Crippen molar-refractivity contribution < 1.29 is 29.0 Å². The largest absolute Gasteiger partial charge is 0.490 e. The van der Waals surface area contributed by atoms with Gasteiger partial charge in [-0.15, -0.1) is 0 Å². The first-order valence-corrected chi connectivity index (χ1v) is 10.4. The molecule has 9 heteroatoms. The normalized spacial score (nSPS) is 22.5. The van der Waals surface area contributed by atoms with Crippen molar-refractivity contribution in [2.24, 2.45) is 0 Å². The van der Waals surface area contributed by atoms with Crippen LogP contribution < -0.4 is 15.4 Å². The van der Waals surface area contributed by atoms with Crippen LogP contribution in [-0.4, -0.2) is 59.8 Å². The molecule has 2 heterocycles. The molecule has 0 bridgehead atoms. The van der Waals surface area contributed by atoms with E-state index in [0.29, 0.717) is 35.5 Å². The summed E-state index contributed by atoms with van der Waals surface area (Å²) in [5.41, 5.74) is 1.46. The molecule has 3 N–H and O–H groups in total. The van der Waals surface area contributed by atoms with Crippen molar-refractivity contribution in [3.63, 3.8) is 0 Å². The van der Waals surface area contributed by atoms with Crippen LogP contribution in [0, 0.1) is 0 Å². The van der Waals surface area contributed by atoms with Crippen LogP contribution in [0.2, 0.25) is 0 Å². The summed E-state index contributed by atoms with van der Waals surface area (Å²) in [5.74, 6) is -0.772. The van der Waals surface area contributed by atoms with Gasteiger partial charge in [-0.3, -0.25) is 9.59 Å². The molecule has 2 aliphatic rings. The van der Waals surface area contributed by atoms with Crippen molar-refractivity contribution in [2.75, 3.05) is 24.3 Å². The highest BCUT2D eigenvalue weighted by Gasteiger charge is 2.39. The smallest absolute Gasteiger partial charge is 0.323 e. The number of hydrogen-bond donors (Lipinski definition) is 3. The molecule has 0 spiro atoms. The Morgan fingerprint density at radius 2 is 1.84 bits per heavy atom. The number of fused-ring (bicyclic) bond motifs is 2. The van der Waals surface area contributed by atoms with Gasteiger partial charge in [-0.1, -0.05) is 18.2 Å². The van der Waals surface area contributed by atoms with Crippen molar-refractivity contribution >= 4 is 29.3 Å². The third-order valence-electron chi connectivity index (χ3n) is 5.70. The Balaban J connectivity index is 1.49. The Hall–Kier alpha value is -3.59. The van der Waals surface area contributed by atoms with Gasteiger partial charge in [0.1, 0.15) is 18.5 Å². The summed E-state index contributed by atoms with van der Waals surface area (Å²) in [6, 6.07) is 13.3. The molecule has 1 saturated heterocycles. The van der Waals surface area contributed by atoms with Gasteiger partial charge in [-0.05, 0) is 43.2 Å². The fourth-order valence-electron chi connectivity index (χ4n) is 4.11. The Morgan fingerprint density at radius 3 is 2.59 bits per heavy atom. The Kier molecular flexibility index (Phi) is 6.27. The number of rotatable bonds is 4. The zero-order valence-electron chi connectivity index (χ0n) is 17.6. The first-order chi connectivity index (χ1) is 15.4. The van der Waals surface area contributed by atoms with Crippen molar-refractivity contribution in [1.82, 2.24) is 4.90 Å². The number of anilines is 2. The number of likely N-dealkylation sites (N-methyl/N-ethyl adjacent to an activating group) is 1. The van der Waals surface area contributed by atoms with E-state index in [0.717, 1.165) is 0 Å². The lowest BCUT2D eigenvalue weighted by molar-refractivity contribution is -0.148. The number of nitrogens with one attached hydrogen (secondary N) is 2. The summed E-state index contributed by atoms with van der Waals surface area (Å²) in [4.78, 5) is 38.2. The Labute approximate surface area is 185 Å². The molecule has 0 aliphatic carbocycles. The minimum Gasteiger partial charge on any atom is -0.490 e. The summed E-state index contributed by atoms with van der Waals surface area (Å²) in [7, 11) is 1.71. The van der Waals surface area contributed by atoms with E-state index in [9.17, 15) is 14.4 Å². The number of para-hydroxylation sites is 1. The van der Waals surface area contributed by atoms with Crippen molar-refractivity contribution in [1.29, 1.82) is 0 Å². The topological polar surface area (TPSA) is 117 Å². The number of urea groups is 1. The second-order valence-electron chi connectivity index (χ2n) is 7.92. The third-order valence-corrected chi connectivity index (χ3v) is 5.70. The van der Waals surface area contributed by atoms with Crippen LogP contribution in [0.1, 0.15) is 29.6 Å². The quantitative estimate of drug-likeness (QED) is 0.674. The average molecular weight is 439 g/mol. The number of hydrogen-bond acceptors (Lipinski definition) is 5. The predicted octanol–water partition coefficient (Wildman–Crippen LogP) is 3.19. The predicted molar refractivity (Wildman–Crippen MR) is 117 cm³/mol. The lowest BCUT2D eigenvalue weighted by Crippen LogP contribution is -2.53. The highest BCUT2D eigenvalue weighted by atomic mass is 16.5. The molecule has 0 unspecified atom stereocenters. The molecule has 3 amide bonds. The van der Waals surface area contributed by atoms with E-state index >= 15 is 0 Å². The van der Waals surface area contributed by atoms with Gasteiger partial charge in [-0.2, -0.15) is 0 Å². The minimum atomic E-state index is -0.911. The van der Waals surface area contributed by atoms with E-state index in [4.69, 9.17) is 14.6 Å². The molecule has 4 rings (SSSR count). The lowest BCUT2D eigenvalue weighted by atomic mass is 9.94. The van der Waals surface area contributed by atoms with E-state index in [2.05, 4.69) is 10.6 Å². The highest BCUT2D eigenvalue weighted by molar-refractivity contribution is 6.02. The molecule has 2 aromatic rings. The number of carbonyl (C=O) groups excluding carboxylic acids is 2. The van der Waals surface area contributed by atoms with Crippen molar-refractivity contribution in [2.45, 2.75) is 37.5 Å². The SMILES string of the molecule is CN1C(=O)c2cc(NC(=O)Nc3ccccc3)ccc2OC[C@@H]2O[C@H](CC(=O)O)CC[C@@H]21. The van der Waals surface area contributed by atoms with E-state index in [1.54, 1.807) is 42.3 Å². The summed E-state index contributed by atoms with van der Waals surface area (Å²) in [5, 5.41) is 14.5.